The number of hydrogen-bond donors (Lipinski definition) is 2. The van der Waals surface area contributed by atoms with Gasteiger partial charge in [-0.25, -0.2) is 13.6 Å². The second kappa shape index (κ2) is 3.47. The van der Waals surface area contributed by atoms with Crippen LogP contribution in [0.5, 0.6) is 0 Å². The first-order valence-electron chi connectivity index (χ1n) is 2.68. The lowest BCUT2D eigenvalue weighted by molar-refractivity contribution is 0.598. The first kappa shape index (κ1) is 10.1. The third-order valence-corrected chi connectivity index (χ3v) is 2.00. The lowest BCUT2D eigenvalue weighted by Gasteiger charge is -1.93. The summed E-state index contributed by atoms with van der Waals surface area (Å²) in [6.07, 6.45) is 0. The summed E-state index contributed by atoms with van der Waals surface area (Å²) in [5.41, 5.74) is 0. The average Bonchev–Trinajstić information content (AvgIpc) is 1.88. The Kier molecular flexibility index (Phi) is 3.18. The molecule has 5 N–H and O–H groups in total. The standard InChI is InChI=1S/C6H7NO2S.H3N/c7-10(8,9)6-4-2-1-3-5-6;/h1-5H,(H2,7,8,9);1H3. The van der Waals surface area contributed by atoms with E-state index in [1.54, 1.807) is 18.2 Å². The summed E-state index contributed by atoms with van der Waals surface area (Å²) in [5.74, 6) is 0. The molecule has 1 aromatic carbocycles. The van der Waals surface area contributed by atoms with Crippen LogP contribution in [0.1, 0.15) is 0 Å². The number of sulfonamides is 1. The summed E-state index contributed by atoms with van der Waals surface area (Å²) < 4.78 is 21.2. The van der Waals surface area contributed by atoms with Crippen molar-refractivity contribution in [1.82, 2.24) is 6.15 Å². The van der Waals surface area contributed by atoms with Gasteiger partial charge < -0.3 is 6.15 Å². The van der Waals surface area contributed by atoms with E-state index in [4.69, 9.17) is 5.14 Å². The molecule has 62 valence electrons. The second-order valence-electron chi connectivity index (χ2n) is 1.86. The predicted molar refractivity (Wildman–Crippen MR) is 42.8 cm³/mol. The van der Waals surface area contributed by atoms with Gasteiger partial charge in [0, 0.05) is 0 Å². The lowest BCUT2D eigenvalue weighted by atomic mass is 10.4. The van der Waals surface area contributed by atoms with Crippen LogP contribution >= 0.6 is 0 Å². The van der Waals surface area contributed by atoms with Crippen molar-refractivity contribution in [2.24, 2.45) is 5.14 Å². The maximum atomic E-state index is 10.6. The van der Waals surface area contributed by atoms with Gasteiger partial charge in [0.2, 0.25) is 10.0 Å². The van der Waals surface area contributed by atoms with E-state index in [1.165, 1.54) is 12.1 Å². The molecule has 0 bridgehead atoms. The monoisotopic (exact) mass is 174 g/mol. The Labute approximate surface area is 65.7 Å². The quantitative estimate of drug-likeness (QED) is 0.648. The third-order valence-electron chi connectivity index (χ3n) is 1.07. The van der Waals surface area contributed by atoms with Crippen LogP contribution in [0.25, 0.3) is 0 Å². The number of rotatable bonds is 1. The van der Waals surface area contributed by atoms with Crippen LogP contribution in [-0.4, -0.2) is 8.42 Å². The van der Waals surface area contributed by atoms with Crippen molar-refractivity contribution in [2.75, 3.05) is 0 Å². The molecule has 0 aliphatic carbocycles. The van der Waals surface area contributed by atoms with Crippen LogP contribution in [0.4, 0.5) is 0 Å². The Bertz CT molecular complexity index is 307. The topological polar surface area (TPSA) is 95.2 Å². The maximum Gasteiger partial charge on any atom is 0.238 e. The number of benzene rings is 1. The van der Waals surface area contributed by atoms with Crippen molar-refractivity contribution < 1.29 is 8.42 Å². The maximum absolute atomic E-state index is 10.6. The van der Waals surface area contributed by atoms with Crippen molar-refractivity contribution in [3.05, 3.63) is 30.3 Å². The van der Waals surface area contributed by atoms with E-state index in [0.717, 1.165) is 0 Å². The van der Waals surface area contributed by atoms with Crippen molar-refractivity contribution in [1.29, 1.82) is 0 Å². The molecule has 0 atom stereocenters. The molecule has 0 spiro atoms. The van der Waals surface area contributed by atoms with E-state index in [2.05, 4.69) is 0 Å². The first-order chi connectivity index (χ1) is 4.61. The van der Waals surface area contributed by atoms with Gasteiger partial charge in [-0.05, 0) is 12.1 Å². The summed E-state index contributed by atoms with van der Waals surface area (Å²) in [6.45, 7) is 0. The van der Waals surface area contributed by atoms with E-state index in [1.807, 2.05) is 0 Å². The van der Waals surface area contributed by atoms with Crippen LogP contribution in [0.3, 0.4) is 0 Å². The molecule has 0 saturated carbocycles. The Hall–Kier alpha value is -0.910. The highest BCUT2D eigenvalue weighted by Crippen LogP contribution is 2.02. The van der Waals surface area contributed by atoms with Gasteiger partial charge in [0.25, 0.3) is 0 Å². The smallest absolute Gasteiger partial charge is 0.238 e. The van der Waals surface area contributed by atoms with Gasteiger partial charge in [-0.3, -0.25) is 0 Å². The molecule has 0 fully saturated rings. The minimum absolute atomic E-state index is 0. The van der Waals surface area contributed by atoms with Gasteiger partial charge in [-0.1, -0.05) is 18.2 Å². The summed E-state index contributed by atoms with van der Waals surface area (Å²) in [7, 11) is -3.50. The van der Waals surface area contributed by atoms with E-state index in [-0.39, 0.29) is 11.0 Å². The minimum atomic E-state index is -3.50. The molecule has 4 nitrogen and oxygen atoms in total. The highest BCUT2D eigenvalue weighted by atomic mass is 32.2. The Morgan fingerprint density at radius 1 is 1.09 bits per heavy atom. The fraction of sp³-hybridized carbons (Fsp3) is 0. The van der Waals surface area contributed by atoms with Gasteiger partial charge in [0.05, 0.1) is 4.90 Å². The van der Waals surface area contributed by atoms with Crippen LogP contribution in [0.2, 0.25) is 0 Å². The molecule has 0 aliphatic rings. The van der Waals surface area contributed by atoms with Crippen LogP contribution in [0, 0.1) is 0 Å². The van der Waals surface area contributed by atoms with Gasteiger partial charge in [-0.2, -0.15) is 0 Å². The second-order valence-corrected chi connectivity index (χ2v) is 3.42. The van der Waals surface area contributed by atoms with E-state index in [9.17, 15) is 8.42 Å². The van der Waals surface area contributed by atoms with Crippen molar-refractivity contribution in [2.45, 2.75) is 4.90 Å². The van der Waals surface area contributed by atoms with Crippen molar-refractivity contribution in [3.63, 3.8) is 0 Å². The first-order valence-corrected chi connectivity index (χ1v) is 4.23. The Morgan fingerprint density at radius 3 is 1.82 bits per heavy atom. The van der Waals surface area contributed by atoms with Gasteiger partial charge in [-0.15, -0.1) is 0 Å². The molecule has 1 rings (SSSR count). The zero-order valence-corrected chi connectivity index (χ0v) is 6.71. The minimum Gasteiger partial charge on any atom is -0.344 e. The third kappa shape index (κ3) is 2.67. The Morgan fingerprint density at radius 2 is 1.55 bits per heavy atom. The molecule has 0 unspecified atom stereocenters. The van der Waals surface area contributed by atoms with Crippen LogP contribution in [-0.2, 0) is 10.0 Å². The fourth-order valence-electron chi connectivity index (χ4n) is 0.610. The number of primary sulfonamides is 1. The molecule has 0 heterocycles. The highest BCUT2D eigenvalue weighted by Gasteiger charge is 2.03. The molecule has 0 radical (unpaired) electrons. The summed E-state index contributed by atoms with van der Waals surface area (Å²) in [4.78, 5) is 0.148. The Balaban J connectivity index is 0.000001000. The summed E-state index contributed by atoms with van der Waals surface area (Å²) >= 11 is 0. The predicted octanol–water partition coefficient (Wildman–Crippen LogP) is 0.496. The molecule has 11 heavy (non-hydrogen) atoms. The van der Waals surface area contributed by atoms with Gasteiger partial charge >= 0.3 is 0 Å². The van der Waals surface area contributed by atoms with Gasteiger partial charge in [0.1, 0.15) is 0 Å². The molecule has 0 aromatic heterocycles. The summed E-state index contributed by atoms with van der Waals surface area (Å²) in [6, 6.07) is 7.89. The molecular formula is C6H10N2O2S. The SMILES string of the molecule is N.NS(=O)(=O)c1ccccc1. The molecule has 0 amide bonds. The van der Waals surface area contributed by atoms with Crippen LogP contribution < -0.4 is 11.3 Å². The normalized spacial score (nSPS) is 10.3. The van der Waals surface area contributed by atoms with Crippen LogP contribution in [0.15, 0.2) is 35.2 Å². The zero-order valence-electron chi connectivity index (χ0n) is 5.90. The molecule has 1 aromatic rings. The largest absolute Gasteiger partial charge is 0.344 e. The zero-order chi connectivity index (χ0) is 7.61. The molecule has 0 saturated heterocycles. The lowest BCUT2D eigenvalue weighted by Crippen LogP contribution is -2.11. The average molecular weight is 174 g/mol. The summed E-state index contributed by atoms with van der Waals surface area (Å²) in [5, 5.41) is 4.83. The van der Waals surface area contributed by atoms with E-state index < -0.39 is 10.0 Å². The van der Waals surface area contributed by atoms with Gasteiger partial charge in [0.15, 0.2) is 0 Å². The molecule has 5 heteroatoms. The highest BCUT2D eigenvalue weighted by molar-refractivity contribution is 7.89. The number of hydrogen-bond acceptors (Lipinski definition) is 3. The van der Waals surface area contributed by atoms with Crippen molar-refractivity contribution >= 4 is 10.0 Å². The fourth-order valence-corrected chi connectivity index (χ4v) is 1.15. The van der Waals surface area contributed by atoms with Crippen molar-refractivity contribution in [3.8, 4) is 0 Å². The molecule has 0 aliphatic heterocycles. The number of nitrogens with two attached hydrogens (primary N) is 1. The van der Waals surface area contributed by atoms with E-state index >= 15 is 0 Å². The van der Waals surface area contributed by atoms with E-state index in [0.29, 0.717) is 0 Å². The molecular weight excluding hydrogens is 164 g/mol.